The molecular weight excluding hydrogens is 282 g/mol. The molecule has 0 aromatic heterocycles. The molecule has 4 heteroatoms. The topological polar surface area (TPSA) is 38.3 Å². The van der Waals surface area contributed by atoms with Crippen molar-refractivity contribution < 1.29 is 9.53 Å². The Kier molecular flexibility index (Phi) is 3.84. The van der Waals surface area contributed by atoms with Crippen LogP contribution in [-0.4, -0.2) is 24.7 Å². The van der Waals surface area contributed by atoms with Crippen molar-refractivity contribution in [3.8, 4) is 0 Å². The first-order valence-electron chi connectivity index (χ1n) is 5.76. The van der Waals surface area contributed by atoms with Crippen molar-refractivity contribution in [3.05, 3.63) is 33.8 Å². The van der Waals surface area contributed by atoms with Crippen molar-refractivity contribution >= 4 is 21.8 Å². The molecule has 1 heterocycles. The highest BCUT2D eigenvalue weighted by atomic mass is 79.9. The fraction of sp³-hybridized carbons (Fsp3) is 0.462. The largest absolute Gasteiger partial charge is 0.376 e. The predicted octanol–water partition coefficient (Wildman–Crippen LogP) is 2.66. The molecule has 0 spiro atoms. The van der Waals surface area contributed by atoms with Gasteiger partial charge in [0.1, 0.15) is 0 Å². The second kappa shape index (κ2) is 5.19. The zero-order valence-electron chi connectivity index (χ0n) is 10.00. The van der Waals surface area contributed by atoms with E-state index in [2.05, 4.69) is 21.2 Å². The first-order chi connectivity index (χ1) is 8.08. The normalized spacial score (nSPS) is 23.7. The van der Waals surface area contributed by atoms with E-state index in [1.54, 1.807) is 0 Å². The van der Waals surface area contributed by atoms with Gasteiger partial charge in [-0.3, -0.25) is 4.79 Å². The molecule has 1 aliphatic rings. The molecular formula is C13H16BrNO2. The fourth-order valence-electron chi connectivity index (χ4n) is 1.96. The van der Waals surface area contributed by atoms with Crippen LogP contribution < -0.4 is 5.32 Å². The van der Waals surface area contributed by atoms with Crippen molar-refractivity contribution in [1.82, 2.24) is 5.32 Å². The summed E-state index contributed by atoms with van der Waals surface area (Å²) in [5.74, 6) is -0.0250. The summed E-state index contributed by atoms with van der Waals surface area (Å²) < 4.78 is 6.44. The summed E-state index contributed by atoms with van der Waals surface area (Å²) >= 11 is 3.42. The molecule has 0 aliphatic carbocycles. The van der Waals surface area contributed by atoms with Crippen LogP contribution in [0.2, 0.25) is 0 Å². The number of nitrogens with one attached hydrogen (secondary N) is 1. The first kappa shape index (κ1) is 12.6. The molecule has 2 atom stereocenters. The van der Waals surface area contributed by atoms with Gasteiger partial charge in [-0.15, -0.1) is 0 Å². The molecule has 92 valence electrons. The van der Waals surface area contributed by atoms with Crippen LogP contribution in [0.15, 0.2) is 22.7 Å². The molecule has 17 heavy (non-hydrogen) atoms. The van der Waals surface area contributed by atoms with Crippen LogP contribution in [0.3, 0.4) is 0 Å². The fourth-order valence-corrected chi connectivity index (χ4v) is 2.21. The van der Waals surface area contributed by atoms with E-state index < -0.39 is 0 Å². The molecule has 1 aromatic carbocycles. The van der Waals surface area contributed by atoms with E-state index >= 15 is 0 Å². The van der Waals surface area contributed by atoms with Crippen molar-refractivity contribution in [2.24, 2.45) is 0 Å². The summed E-state index contributed by atoms with van der Waals surface area (Å²) in [5.41, 5.74) is 1.76. The van der Waals surface area contributed by atoms with Gasteiger partial charge in [-0.2, -0.15) is 0 Å². The lowest BCUT2D eigenvalue weighted by atomic mass is 10.1. The standard InChI is InChI=1S/C13H16BrNO2/c1-8-7-10(3-4-11(8)14)13(16)15-12-5-6-17-9(12)2/h3-4,7,9,12H,5-6H2,1-2H3,(H,15,16). The Balaban J connectivity index is 2.06. The third kappa shape index (κ3) is 2.87. The molecule has 2 rings (SSSR count). The summed E-state index contributed by atoms with van der Waals surface area (Å²) in [6.07, 6.45) is 0.998. The Morgan fingerprint density at radius 1 is 1.53 bits per heavy atom. The number of rotatable bonds is 2. The molecule has 2 unspecified atom stereocenters. The number of ether oxygens (including phenoxy) is 1. The average molecular weight is 298 g/mol. The lowest BCUT2D eigenvalue weighted by Crippen LogP contribution is -2.39. The van der Waals surface area contributed by atoms with Gasteiger partial charge in [0, 0.05) is 16.6 Å². The Morgan fingerprint density at radius 3 is 2.88 bits per heavy atom. The highest BCUT2D eigenvalue weighted by molar-refractivity contribution is 9.10. The van der Waals surface area contributed by atoms with Gasteiger partial charge in [-0.1, -0.05) is 15.9 Å². The van der Waals surface area contributed by atoms with E-state index in [0.717, 1.165) is 23.1 Å². The van der Waals surface area contributed by atoms with E-state index in [-0.39, 0.29) is 18.1 Å². The minimum Gasteiger partial charge on any atom is -0.376 e. The van der Waals surface area contributed by atoms with Gasteiger partial charge >= 0.3 is 0 Å². The summed E-state index contributed by atoms with van der Waals surface area (Å²) in [7, 11) is 0. The monoisotopic (exact) mass is 297 g/mol. The van der Waals surface area contributed by atoms with Crippen LogP contribution >= 0.6 is 15.9 Å². The van der Waals surface area contributed by atoms with E-state index in [1.807, 2.05) is 32.0 Å². The van der Waals surface area contributed by atoms with Crippen LogP contribution in [-0.2, 0) is 4.74 Å². The van der Waals surface area contributed by atoms with Gasteiger partial charge in [-0.05, 0) is 44.0 Å². The number of carbonyl (C=O) groups excluding carboxylic acids is 1. The molecule has 1 aliphatic heterocycles. The third-order valence-electron chi connectivity index (χ3n) is 3.11. The summed E-state index contributed by atoms with van der Waals surface area (Å²) in [5, 5.41) is 3.01. The number of aryl methyl sites for hydroxylation is 1. The number of carbonyl (C=O) groups is 1. The zero-order chi connectivity index (χ0) is 12.4. The smallest absolute Gasteiger partial charge is 0.251 e. The maximum atomic E-state index is 12.0. The lowest BCUT2D eigenvalue weighted by Gasteiger charge is -2.16. The Hall–Kier alpha value is -0.870. The zero-order valence-corrected chi connectivity index (χ0v) is 11.6. The van der Waals surface area contributed by atoms with Crippen LogP contribution in [0.5, 0.6) is 0 Å². The SMILES string of the molecule is Cc1cc(C(=O)NC2CCOC2C)ccc1Br. The van der Waals surface area contributed by atoms with Gasteiger partial charge in [0.05, 0.1) is 12.1 Å². The third-order valence-corrected chi connectivity index (χ3v) is 4.00. The molecule has 0 radical (unpaired) electrons. The lowest BCUT2D eigenvalue weighted by molar-refractivity contribution is 0.0866. The molecule has 1 amide bonds. The molecule has 1 fully saturated rings. The number of halogens is 1. The van der Waals surface area contributed by atoms with Crippen LogP contribution in [0.4, 0.5) is 0 Å². The van der Waals surface area contributed by atoms with Crippen LogP contribution in [0.1, 0.15) is 29.3 Å². The van der Waals surface area contributed by atoms with Gasteiger partial charge in [0.25, 0.3) is 5.91 Å². The minimum atomic E-state index is -0.0250. The second-order valence-corrected chi connectivity index (χ2v) is 5.26. The Morgan fingerprint density at radius 2 is 2.29 bits per heavy atom. The highest BCUT2D eigenvalue weighted by Crippen LogP contribution is 2.18. The number of amides is 1. The molecule has 1 aromatic rings. The Labute approximate surface area is 110 Å². The van der Waals surface area contributed by atoms with E-state index in [9.17, 15) is 4.79 Å². The minimum absolute atomic E-state index is 0.0250. The molecule has 1 saturated heterocycles. The van der Waals surface area contributed by atoms with Crippen molar-refractivity contribution in [2.75, 3.05) is 6.61 Å². The van der Waals surface area contributed by atoms with E-state index in [1.165, 1.54) is 0 Å². The van der Waals surface area contributed by atoms with Crippen molar-refractivity contribution in [3.63, 3.8) is 0 Å². The maximum Gasteiger partial charge on any atom is 0.251 e. The summed E-state index contributed by atoms with van der Waals surface area (Å²) in [6, 6.07) is 5.75. The highest BCUT2D eigenvalue weighted by Gasteiger charge is 2.25. The quantitative estimate of drug-likeness (QED) is 0.911. The molecule has 3 nitrogen and oxygen atoms in total. The van der Waals surface area contributed by atoms with Gasteiger partial charge in [0.15, 0.2) is 0 Å². The summed E-state index contributed by atoms with van der Waals surface area (Å²) in [4.78, 5) is 12.0. The van der Waals surface area contributed by atoms with Crippen molar-refractivity contribution in [2.45, 2.75) is 32.4 Å². The van der Waals surface area contributed by atoms with E-state index in [0.29, 0.717) is 5.56 Å². The number of hydrogen-bond donors (Lipinski definition) is 1. The maximum absolute atomic E-state index is 12.0. The van der Waals surface area contributed by atoms with Gasteiger partial charge < -0.3 is 10.1 Å². The molecule has 1 N–H and O–H groups in total. The van der Waals surface area contributed by atoms with Crippen LogP contribution in [0.25, 0.3) is 0 Å². The molecule has 0 bridgehead atoms. The summed E-state index contributed by atoms with van der Waals surface area (Å²) in [6.45, 7) is 4.69. The average Bonchev–Trinajstić information content (AvgIpc) is 2.68. The number of hydrogen-bond acceptors (Lipinski definition) is 2. The van der Waals surface area contributed by atoms with E-state index in [4.69, 9.17) is 4.74 Å². The van der Waals surface area contributed by atoms with Gasteiger partial charge in [-0.25, -0.2) is 0 Å². The second-order valence-electron chi connectivity index (χ2n) is 4.41. The Bertz CT molecular complexity index is 433. The van der Waals surface area contributed by atoms with Crippen LogP contribution in [0, 0.1) is 6.92 Å². The predicted molar refractivity (Wildman–Crippen MR) is 70.2 cm³/mol. The number of benzene rings is 1. The first-order valence-corrected chi connectivity index (χ1v) is 6.56. The molecule has 0 saturated carbocycles. The van der Waals surface area contributed by atoms with Gasteiger partial charge in [0.2, 0.25) is 0 Å². The van der Waals surface area contributed by atoms with Crippen molar-refractivity contribution in [1.29, 1.82) is 0 Å².